The van der Waals surface area contributed by atoms with Crippen LogP contribution in [0.5, 0.6) is 5.75 Å². The van der Waals surface area contributed by atoms with Crippen LogP contribution < -0.4 is 10.1 Å². The van der Waals surface area contributed by atoms with Gasteiger partial charge in [-0.05, 0) is 59.9 Å². The topological polar surface area (TPSA) is 54.5 Å². The second-order valence-electron chi connectivity index (χ2n) is 9.32. The summed E-state index contributed by atoms with van der Waals surface area (Å²) in [5.74, 6) is 0.252. The molecule has 6 heteroatoms. The normalized spacial score (nSPS) is 16.0. The Morgan fingerprint density at radius 2 is 1.89 bits per heavy atom. The van der Waals surface area contributed by atoms with Gasteiger partial charge in [0, 0.05) is 37.6 Å². The smallest absolute Gasteiger partial charge is 0.261 e. The zero-order valence-electron chi connectivity index (χ0n) is 20.8. The molecular weight excluding hydrogens is 465 g/mol. The van der Waals surface area contributed by atoms with Crippen molar-refractivity contribution in [2.45, 2.75) is 38.6 Å². The third-order valence-electron chi connectivity index (χ3n) is 6.76. The number of benzene rings is 3. The van der Waals surface area contributed by atoms with Crippen LogP contribution in [0.15, 0.2) is 97.3 Å². The van der Waals surface area contributed by atoms with Crippen LogP contribution in [0.1, 0.15) is 40.8 Å². The van der Waals surface area contributed by atoms with Crippen molar-refractivity contribution < 1.29 is 13.9 Å². The lowest BCUT2D eigenvalue weighted by Gasteiger charge is -2.38. The average molecular weight is 496 g/mol. The first-order valence-electron chi connectivity index (χ1n) is 12.6. The number of halogens is 1. The number of aromatic nitrogens is 1. The summed E-state index contributed by atoms with van der Waals surface area (Å²) in [5, 5.41) is 2.91. The maximum absolute atomic E-state index is 14.5. The van der Waals surface area contributed by atoms with Gasteiger partial charge in [-0.25, -0.2) is 4.39 Å². The lowest BCUT2D eigenvalue weighted by atomic mass is 9.87. The highest BCUT2D eigenvalue weighted by Gasteiger charge is 2.30. The molecule has 4 aromatic rings. The van der Waals surface area contributed by atoms with E-state index in [-0.39, 0.29) is 17.8 Å². The highest BCUT2D eigenvalue weighted by Crippen LogP contribution is 2.38. The average Bonchev–Trinajstić information content (AvgIpc) is 2.93. The van der Waals surface area contributed by atoms with E-state index < -0.39 is 6.10 Å². The Morgan fingerprint density at radius 1 is 1.08 bits per heavy atom. The molecule has 1 aromatic heterocycles. The minimum atomic E-state index is -0.664. The molecule has 5 nitrogen and oxygen atoms in total. The van der Waals surface area contributed by atoms with Gasteiger partial charge < -0.3 is 10.1 Å². The predicted molar refractivity (Wildman–Crippen MR) is 141 cm³/mol. The van der Waals surface area contributed by atoms with Crippen molar-refractivity contribution in [3.8, 4) is 5.75 Å². The van der Waals surface area contributed by atoms with Crippen molar-refractivity contribution in [2.24, 2.45) is 0 Å². The van der Waals surface area contributed by atoms with E-state index in [1.165, 1.54) is 11.6 Å². The van der Waals surface area contributed by atoms with Gasteiger partial charge in [0.2, 0.25) is 0 Å². The van der Waals surface area contributed by atoms with E-state index in [0.717, 1.165) is 29.7 Å². The number of pyridine rings is 1. The molecule has 2 atom stereocenters. The fourth-order valence-corrected chi connectivity index (χ4v) is 4.85. The van der Waals surface area contributed by atoms with E-state index in [9.17, 15) is 9.18 Å². The number of hydrogen-bond donors (Lipinski definition) is 1. The molecule has 0 radical (unpaired) electrons. The van der Waals surface area contributed by atoms with E-state index >= 15 is 0 Å². The summed E-state index contributed by atoms with van der Waals surface area (Å²) in [6, 6.07) is 27.0. The standard InChI is InChI=1S/C31H30FN3O2/c1-22(31(36)34-20-23-8-7-16-33-19-23)37-27-14-13-24-15-17-35(21-26-11-5-6-12-29(26)32)30(28(24)18-27)25-9-3-2-4-10-25/h2-14,16,18-19,22,30H,15,17,20-21H2,1H3,(H,34,36). The Hall–Kier alpha value is -4.03. The van der Waals surface area contributed by atoms with Crippen molar-refractivity contribution in [3.05, 3.63) is 131 Å². The molecule has 37 heavy (non-hydrogen) atoms. The SMILES string of the molecule is CC(Oc1ccc2c(c1)C(c1ccccc1)N(Cc1ccccc1F)CC2)C(=O)NCc1cccnc1. The Morgan fingerprint density at radius 3 is 2.68 bits per heavy atom. The number of nitrogens with zero attached hydrogens (tertiary/aromatic N) is 2. The van der Waals surface area contributed by atoms with Crippen molar-refractivity contribution in [2.75, 3.05) is 6.54 Å². The Labute approximate surface area is 216 Å². The molecule has 0 saturated carbocycles. The lowest BCUT2D eigenvalue weighted by Crippen LogP contribution is -2.37. The summed E-state index contributed by atoms with van der Waals surface area (Å²) in [7, 11) is 0. The maximum atomic E-state index is 14.5. The fourth-order valence-electron chi connectivity index (χ4n) is 4.85. The number of amides is 1. The molecule has 1 aliphatic heterocycles. The first-order valence-corrected chi connectivity index (χ1v) is 12.6. The lowest BCUT2D eigenvalue weighted by molar-refractivity contribution is -0.127. The molecule has 188 valence electrons. The molecular formula is C31H30FN3O2. The van der Waals surface area contributed by atoms with Crippen molar-refractivity contribution >= 4 is 5.91 Å². The van der Waals surface area contributed by atoms with Gasteiger partial charge in [0.1, 0.15) is 11.6 Å². The first kappa shape index (κ1) is 24.7. The van der Waals surface area contributed by atoms with Crippen LogP contribution in [-0.2, 0) is 24.3 Å². The molecule has 0 aliphatic carbocycles. The molecule has 0 bridgehead atoms. The number of carbonyl (C=O) groups excluding carboxylic acids is 1. The van der Waals surface area contributed by atoms with E-state index in [1.807, 2.05) is 54.6 Å². The van der Waals surface area contributed by atoms with Crippen LogP contribution in [0.25, 0.3) is 0 Å². The van der Waals surface area contributed by atoms with Crippen LogP contribution in [-0.4, -0.2) is 28.4 Å². The minimum Gasteiger partial charge on any atom is -0.481 e. The molecule has 2 unspecified atom stereocenters. The number of nitrogens with one attached hydrogen (secondary N) is 1. The Kier molecular flexibility index (Phi) is 7.57. The van der Waals surface area contributed by atoms with Crippen LogP contribution in [0.2, 0.25) is 0 Å². The van der Waals surface area contributed by atoms with Gasteiger partial charge in [-0.2, -0.15) is 0 Å². The highest BCUT2D eigenvalue weighted by atomic mass is 19.1. The van der Waals surface area contributed by atoms with Crippen molar-refractivity contribution in [1.29, 1.82) is 0 Å². The molecule has 1 amide bonds. The minimum absolute atomic E-state index is 0.0529. The van der Waals surface area contributed by atoms with E-state index in [4.69, 9.17) is 4.74 Å². The van der Waals surface area contributed by atoms with Crippen LogP contribution >= 0.6 is 0 Å². The second-order valence-corrected chi connectivity index (χ2v) is 9.32. The van der Waals surface area contributed by atoms with Crippen molar-refractivity contribution in [1.82, 2.24) is 15.2 Å². The quantitative estimate of drug-likeness (QED) is 0.353. The maximum Gasteiger partial charge on any atom is 0.261 e. The van der Waals surface area contributed by atoms with Crippen LogP contribution in [0.3, 0.4) is 0 Å². The molecule has 5 rings (SSSR count). The summed E-state index contributed by atoms with van der Waals surface area (Å²) in [4.78, 5) is 19.1. The van der Waals surface area contributed by atoms with Crippen LogP contribution in [0, 0.1) is 5.82 Å². The zero-order chi connectivity index (χ0) is 25.6. The third-order valence-corrected chi connectivity index (χ3v) is 6.76. The predicted octanol–water partition coefficient (Wildman–Crippen LogP) is 5.45. The van der Waals surface area contributed by atoms with Gasteiger partial charge in [0.25, 0.3) is 5.91 Å². The zero-order valence-corrected chi connectivity index (χ0v) is 20.8. The summed E-state index contributed by atoms with van der Waals surface area (Å²) < 4.78 is 20.6. The summed E-state index contributed by atoms with van der Waals surface area (Å²) in [5.41, 5.74) is 5.10. The molecule has 3 aromatic carbocycles. The fraction of sp³-hybridized carbons (Fsp3) is 0.226. The van der Waals surface area contributed by atoms with E-state index in [2.05, 4.69) is 33.4 Å². The summed E-state index contributed by atoms with van der Waals surface area (Å²) in [6.45, 7) is 3.46. The van der Waals surface area contributed by atoms with Gasteiger partial charge >= 0.3 is 0 Å². The van der Waals surface area contributed by atoms with E-state index in [1.54, 1.807) is 25.4 Å². The summed E-state index contributed by atoms with van der Waals surface area (Å²) in [6.07, 6.45) is 3.62. The van der Waals surface area contributed by atoms with Gasteiger partial charge in [0.15, 0.2) is 6.10 Å². The number of rotatable bonds is 8. The van der Waals surface area contributed by atoms with Crippen LogP contribution in [0.4, 0.5) is 4.39 Å². The monoisotopic (exact) mass is 495 g/mol. The molecule has 0 spiro atoms. The van der Waals surface area contributed by atoms with Gasteiger partial charge in [0.05, 0.1) is 6.04 Å². The first-order chi connectivity index (χ1) is 18.1. The highest BCUT2D eigenvalue weighted by molar-refractivity contribution is 5.80. The van der Waals surface area contributed by atoms with Gasteiger partial charge in [-0.15, -0.1) is 0 Å². The van der Waals surface area contributed by atoms with E-state index in [0.29, 0.717) is 24.4 Å². The number of fused-ring (bicyclic) bond motifs is 1. The second kappa shape index (κ2) is 11.4. The molecule has 1 aliphatic rings. The van der Waals surface area contributed by atoms with Crippen molar-refractivity contribution in [3.63, 3.8) is 0 Å². The molecule has 1 N–H and O–H groups in total. The largest absolute Gasteiger partial charge is 0.481 e. The third kappa shape index (κ3) is 5.87. The number of hydrogen-bond acceptors (Lipinski definition) is 4. The van der Waals surface area contributed by atoms with Gasteiger partial charge in [-0.3, -0.25) is 14.7 Å². The summed E-state index contributed by atoms with van der Waals surface area (Å²) >= 11 is 0. The Bertz CT molecular complexity index is 1350. The molecule has 0 fully saturated rings. The number of ether oxygens (including phenoxy) is 1. The Balaban J connectivity index is 1.37. The molecule has 2 heterocycles. The number of carbonyl (C=O) groups is 1. The molecule has 0 saturated heterocycles. The van der Waals surface area contributed by atoms with Gasteiger partial charge in [-0.1, -0.05) is 60.7 Å².